The van der Waals surface area contributed by atoms with Crippen LogP contribution in [0.25, 0.3) is 0 Å². The van der Waals surface area contributed by atoms with E-state index >= 15 is 0 Å². The highest BCUT2D eigenvalue weighted by atomic mass is 32.2. The third-order valence-corrected chi connectivity index (χ3v) is 3.12. The zero-order valence-corrected chi connectivity index (χ0v) is 10.9. The van der Waals surface area contributed by atoms with Crippen LogP contribution in [-0.2, 0) is 16.3 Å². The predicted octanol–water partition coefficient (Wildman–Crippen LogP) is 2.38. The normalized spacial score (nSPS) is 10.5. The van der Waals surface area contributed by atoms with Gasteiger partial charge < -0.3 is 0 Å². The number of hydrogen-bond acceptors (Lipinski definition) is 3. The largest absolute Gasteiger partial charge is 0.260 e. The second kappa shape index (κ2) is 5.85. The molecule has 1 heterocycles. The highest BCUT2D eigenvalue weighted by Crippen LogP contribution is 2.14. The van der Waals surface area contributed by atoms with Crippen LogP contribution in [0.3, 0.4) is 0 Å². The van der Waals surface area contributed by atoms with Crippen molar-refractivity contribution in [1.29, 1.82) is 0 Å². The van der Waals surface area contributed by atoms with Crippen LogP contribution in [0.1, 0.15) is 32.0 Å². The molecule has 1 aromatic heterocycles. The standard InChI is InChI=1S/C9H13NO2S.C2H6/c1-4-8-5-9(13(3,11)12)7(2)10-6-8;1-2/h5-6H,4H2,1-3H3;1-2H3. The molecule has 0 spiro atoms. The molecular formula is C11H19NO2S. The van der Waals surface area contributed by atoms with Gasteiger partial charge in [0.05, 0.1) is 10.6 Å². The maximum atomic E-state index is 11.3. The summed E-state index contributed by atoms with van der Waals surface area (Å²) >= 11 is 0. The molecule has 0 aliphatic rings. The quantitative estimate of drug-likeness (QED) is 0.782. The molecule has 0 amide bonds. The van der Waals surface area contributed by atoms with E-state index in [1.165, 1.54) is 6.26 Å². The number of sulfone groups is 1. The number of hydrogen-bond donors (Lipinski definition) is 0. The third-order valence-electron chi connectivity index (χ3n) is 1.90. The predicted molar refractivity (Wildman–Crippen MR) is 62.8 cm³/mol. The van der Waals surface area contributed by atoms with E-state index in [1.807, 2.05) is 20.8 Å². The van der Waals surface area contributed by atoms with Crippen molar-refractivity contribution in [3.63, 3.8) is 0 Å². The van der Waals surface area contributed by atoms with Gasteiger partial charge >= 0.3 is 0 Å². The van der Waals surface area contributed by atoms with Gasteiger partial charge in [0, 0.05) is 12.5 Å². The lowest BCUT2D eigenvalue weighted by Crippen LogP contribution is -2.02. The lowest BCUT2D eigenvalue weighted by molar-refractivity contribution is 0.600. The Morgan fingerprint density at radius 2 is 1.87 bits per heavy atom. The summed E-state index contributed by atoms with van der Waals surface area (Å²) < 4.78 is 22.6. The average Bonchev–Trinajstić information content (AvgIpc) is 2.20. The monoisotopic (exact) mass is 229 g/mol. The SMILES string of the molecule is CC.CCc1cnc(C)c(S(C)(=O)=O)c1. The average molecular weight is 229 g/mol. The fourth-order valence-electron chi connectivity index (χ4n) is 1.12. The second-order valence-electron chi connectivity index (χ2n) is 3.05. The topological polar surface area (TPSA) is 47.0 Å². The molecule has 86 valence electrons. The van der Waals surface area contributed by atoms with Gasteiger partial charge in [0.1, 0.15) is 0 Å². The summed E-state index contributed by atoms with van der Waals surface area (Å²) in [6.45, 7) is 7.67. The van der Waals surface area contributed by atoms with E-state index in [2.05, 4.69) is 4.98 Å². The van der Waals surface area contributed by atoms with Crippen LogP contribution >= 0.6 is 0 Å². The van der Waals surface area contributed by atoms with Crippen molar-refractivity contribution in [3.05, 3.63) is 23.5 Å². The Morgan fingerprint density at radius 1 is 1.33 bits per heavy atom. The molecule has 3 nitrogen and oxygen atoms in total. The van der Waals surface area contributed by atoms with Crippen LogP contribution < -0.4 is 0 Å². The Bertz CT molecular complexity index is 411. The Hall–Kier alpha value is -0.900. The number of aromatic nitrogens is 1. The van der Waals surface area contributed by atoms with Crippen molar-refractivity contribution in [2.45, 2.75) is 39.0 Å². The van der Waals surface area contributed by atoms with Crippen molar-refractivity contribution < 1.29 is 8.42 Å². The zero-order chi connectivity index (χ0) is 12.1. The van der Waals surface area contributed by atoms with E-state index in [0.29, 0.717) is 10.6 Å². The lowest BCUT2D eigenvalue weighted by atomic mass is 10.2. The second-order valence-corrected chi connectivity index (χ2v) is 5.04. The molecule has 0 unspecified atom stereocenters. The van der Waals surface area contributed by atoms with E-state index in [0.717, 1.165) is 12.0 Å². The number of nitrogens with zero attached hydrogens (tertiary/aromatic N) is 1. The first-order chi connectivity index (χ1) is 6.95. The van der Waals surface area contributed by atoms with E-state index in [1.54, 1.807) is 19.2 Å². The molecule has 0 bridgehead atoms. The molecule has 0 aliphatic heterocycles. The molecule has 1 rings (SSSR count). The van der Waals surface area contributed by atoms with Crippen LogP contribution in [0.5, 0.6) is 0 Å². The van der Waals surface area contributed by atoms with Gasteiger partial charge in [-0.25, -0.2) is 8.42 Å². The molecule has 0 atom stereocenters. The summed E-state index contributed by atoms with van der Waals surface area (Å²) in [6, 6.07) is 1.69. The Kier molecular flexibility index (Phi) is 5.50. The van der Waals surface area contributed by atoms with Gasteiger partial charge in [-0.15, -0.1) is 0 Å². The summed E-state index contributed by atoms with van der Waals surface area (Å²) in [5, 5.41) is 0. The summed E-state index contributed by atoms with van der Waals surface area (Å²) in [4.78, 5) is 4.38. The smallest absolute Gasteiger partial charge is 0.177 e. The maximum absolute atomic E-state index is 11.3. The molecule has 1 aromatic rings. The maximum Gasteiger partial charge on any atom is 0.177 e. The van der Waals surface area contributed by atoms with Crippen molar-refractivity contribution in [3.8, 4) is 0 Å². The first kappa shape index (κ1) is 14.1. The Labute approximate surface area is 92.5 Å². The minimum absolute atomic E-state index is 0.340. The molecule has 15 heavy (non-hydrogen) atoms. The van der Waals surface area contributed by atoms with E-state index in [4.69, 9.17) is 0 Å². The van der Waals surface area contributed by atoms with Crippen LogP contribution in [0.2, 0.25) is 0 Å². The summed E-state index contributed by atoms with van der Waals surface area (Å²) in [5.41, 5.74) is 1.52. The molecular weight excluding hydrogens is 210 g/mol. The minimum Gasteiger partial charge on any atom is -0.260 e. The van der Waals surface area contributed by atoms with Crippen molar-refractivity contribution in [2.75, 3.05) is 6.26 Å². The molecule has 0 saturated carbocycles. The van der Waals surface area contributed by atoms with Gasteiger partial charge in [-0.1, -0.05) is 20.8 Å². The summed E-state index contributed by atoms with van der Waals surface area (Å²) in [7, 11) is -3.13. The van der Waals surface area contributed by atoms with Gasteiger partial charge in [-0.05, 0) is 25.0 Å². The molecule has 0 radical (unpaired) electrons. The Balaban J connectivity index is 0.000000921. The molecule has 0 aliphatic carbocycles. The minimum atomic E-state index is -3.13. The van der Waals surface area contributed by atoms with Gasteiger partial charge in [-0.3, -0.25) is 4.98 Å². The highest BCUT2D eigenvalue weighted by Gasteiger charge is 2.11. The first-order valence-electron chi connectivity index (χ1n) is 5.10. The fraction of sp³-hybridized carbons (Fsp3) is 0.545. The number of aryl methyl sites for hydroxylation is 2. The molecule has 4 heteroatoms. The summed E-state index contributed by atoms with van der Waals surface area (Å²) in [6.07, 6.45) is 3.72. The third kappa shape index (κ3) is 4.00. The molecule has 0 saturated heterocycles. The van der Waals surface area contributed by atoms with Crippen LogP contribution in [-0.4, -0.2) is 19.7 Å². The zero-order valence-electron chi connectivity index (χ0n) is 10.0. The van der Waals surface area contributed by atoms with Gasteiger partial charge in [0.15, 0.2) is 9.84 Å². The van der Waals surface area contributed by atoms with E-state index < -0.39 is 9.84 Å². The first-order valence-corrected chi connectivity index (χ1v) is 7.00. The molecule has 0 N–H and O–H groups in total. The number of pyridine rings is 1. The fourth-order valence-corrected chi connectivity index (χ4v) is 2.08. The van der Waals surface area contributed by atoms with Crippen LogP contribution in [0.4, 0.5) is 0 Å². The van der Waals surface area contributed by atoms with Gasteiger partial charge in [-0.2, -0.15) is 0 Å². The van der Waals surface area contributed by atoms with Gasteiger partial charge in [0.2, 0.25) is 0 Å². The lowest BCUT2D eigenvalue weighted by Gasteiger charge is -2.04. The molecule has 0 fully saturated rings. The van der Waals surface area contributed by atoms with Crippen molar-refractivity contribution >= 4 is 9.84 Å². The van der Waals surface area contributed by atoms with Crippen LogP contribution in [0, 0.1) is 6.92 Å². The van der Waals surface area contributed by atoms with Crippen molar-refractivity contribution in [2.24, 2.45) is 0 Å². The highest BCUT2D eigenvalue weighted by molar-refractivity contribution is 7.90. The van der Waals surface area contributed by atoms with Gasteiger partial charge in [0.25, 0.3) is 0 Å². The molecule has 0 aromatic carbocycles. The Morgan fingerprint density at radius 3 is 2.27 bits per heavy atom. The number of rotatable bonds is 2. The van der Waals surface area contributed by atoms with Crippen molar-refractivity contribution in [1.82, 2.24) is 4.98 Å². The summed E-state index contributed by atoms with van der Waals surface area (Å²) in [5.74, 6) is 0. The van der Waals surface area contributed by atoms with E-state index in [9.17, 15) is 8.42 Å². The van der Waals surface area contributed by atoms with Crippen LogP contribution in [0.15, 0.2) is 17.2 Å². The van der Waals surface area contributed by atoms with E-state index in [-0.39, 0.29) is 0 Å².